The molecular weight excluding hydrogens is 258 g/mol. The van der Waals surface area contributed by atoms with Crippen LogP contribution in [0.25, 0.3) is 0 Å². The van der Waals surface area contributed by atoms with E-state index < -0.39 is 0 Å². The fourth-order valence-electron chi connectivity index (χ4n) is 3.89. The van der Waals surface area contributed by atoms with Crippen molar-refractivity contribution in [2.75, 3.05) is 31.3 Å². The van der Waals surface area contributed by atoms with Gasteiger partial charge in [-0.3, -0.25) is 0 Å². The maximum absolute atomic E-state index is 6.24. The van der Waals surface area contributed by atoms with Crippen LogP contribution >= 0.6 is 11.8 Å². The minimum atomic E-state index is 0.149. The maximum Gasteiger partial charge on any atom is 0.0805 e. The van der Waals surface area contributed by atoms with Crippen molar-refractivity contribution in [2.24, 2.45) is 17.6 Å². The second kappa shape index (κ2) is 6.33. The molecule has 19 heavy (non-hydrogen) atoms. The van der Waals surface area contributed by atoms with Crippen molar-refractivity contribution < 1.29 is 9.47 Å². The zero-order valence-electron chi connectivity index (χ0n) is 11.8. The third-order valence-corrected chi connectivity index (χ3v) is 6.40. The zero-order valence-corrected chi connectivity index (χ0v) is 12.6. The van der Waals surface area contributed by atoms with Crippen LogP contribution in [0.5, 0.6) is 0 Å². The van der Waals surface area contributed by atoms with E-state index in [9.17, 15) is 0 Å². The minimum absolute atomic E-state index is 0.149. The Kier molecular flexibility index (Phi) is 4.73. The van der Waals surface area contributed by atoms with Gasteiger partial charge in [-0.15, -0.1) is 0 Å². The van der Waals surface area contributed by atoms with Gasteiger partial charge in [0.05, 0.1) is 18.3 Å². The molecule has 0 bridgehead atoms. The fraction of sp³-hybridized carbons (Fsp3) is 1.00. The van der Waals surface area contributed by atoms with E-state index in [4.69, 9.17) is 15.2 Å². The molecule has 4 unspecified atom stereocenters. The van der Waals surface area contributed by atoms with E-state index in [1.807, 2.05) is 11.8 Å². The van der Waals surface area contributed by atoms with E-state index in [-0.39, 0.29) is 5.60 Å². The van der Waals surface area contributed by atoms with Gasteiger partial charge in [-0.05, 0) is 49.8 Å². The van der Waals surface area contributed by atoms with Gasteiger partial charge in [0.2, 0.25) is 0 Å². The molecule has 1 aliphatic carbocycles. The van der Waals surface area contributed by atoms with Gasteiger partial charge in [0.15, 0.2) is 0 Å². The van der Waals surface area contributed by atoms with E-state index in [2.05, 4.69) is 0 Å². The van der Waals surface area contributed by atoms with Crippen LogP contribution in [0.1, 0.15) is 38.5 Å². The van der Waals surface area contributed by atoms with Crippen LogP contribution in [-0.2, 0) is 9.47 Å². The summed E-state index contributed by atoms with van der Waals surface area (Å²) in [5.74, 6) is 3.84. The normalized spacial score (nSPS) is 43.1. The largest absolute Gasteiger partial charge is 0.378 e. The van der Waals surface area contributed by atoms with E-state index in [0.717, 1.165) is 32.6 Å². The Morgan fingerprint density at radius 2 is 2.16 bits per heavy atom. The summed E-state index contributed by atoms with van der Waals surface area (Å²) >= 11 is 2.03. The highest BCUT2D eigenvalue weighted by Crippen LogP contribution is 2.39. The van der Waals surface area contributed by atoms with Gasteiger partial charge in [-0.2, -0.15) is 11.8 Å². The van der Waals surface area contributed by atoms with Crippen molar-refractivity contribution in [3.05, 3.63) is 0 Å². The van der Waals surface area contributed by atoms with Crippen LogP contribution < -0.4 is 5.73 Å². The number of hydrogen-bond acceptors (Lipinski definition) is 4. The molecule has 2 heterocycles. The number of nitrogens with two attached hydrogens (primary N) is 1. The standard InChI is InChI=1S/C15H27NO2S/c16-9-12-2-1-3-13(12)10-17-14-4-6-18-15(8-14)5-7-19-11-15/h12-14H,1-11,16H2. The van der Waals surface area contributed by atoms with Crippen LogP contribution in [0.15, 0.2) is 0 Å². The van der Waals surface area contributed by atoms with Gasteiger partial charge >= 0.3 is 0 Å². The molecule has 4 heteroatoms. The molecule has 2 N–H and O–H groups in total. The summed E-state index contributed by atoms with van der Waals surface area (Å²) in [6.45, 7) is 2.65. The van der Waals surface area contributed by atoms with Gasteiger partial charge in [-0.25, -0.2) is 0 Å². The lowest BCUT2D eigenvalue weighted by Gasteiger charge is -2.38. The van der Waals surface area contributed by atoms with Crippen LogP contribution in [0.2, 0.25) is 0 Å². The van der Waals surface area contributed by atoms with Gasteiger partial charge in [-0.1, -0.05) is 6.42 Å². The Morgan fingerprint density at radius 1 is 1.26 bits per heavy atom. The average molecular weight is 285 g/mol. The Labute approximate surface area is 121 Å². The molecule has 3 aliphatic rings. The lowest BCUT2D eigenvalue weighted by molar-refractivity contribution is -0.125. The van der Waals surface area contributed by atoms with Crippen LogP contribution in [0.3, 0.4) is 0 Å². The second-order valence-electron chi connectivity index (χ2n) is 6.47. The molecule has 2 aliphatic heterocycles. The van der Waals surface area contributed by atoms with Crippen molar-refractivity contribution in [3.8, 4) is 0 Å². The molecule has 0 radical (unpaired) electrons. The summed E-state index contributed by atoms with van der Waals surface area (Å²) in [6, 6.07) is 0. The quantitative estimate of drug-likeness (QED) is 0.861. The first-order valence-electron chi connectivity index (χ1n) is 7.85. The molecule has 110 valence electrons. The zero-order chi connectivity index (χ0) is 13.1. The van der Waals surface area contributed by atoms with Crippen molar-refractivity contribution in [1.82, 2.24) is 0 Å². The number of hydrogen-bond donors (Lipinski definition) is 1. The monoisotopic (exact) mass is 285 g/mol. The molecule has 0 amide bonds. The molecule has 4 atom stereocenters. The summed E-state index contributed by atoms with van der Waals surface area (Å²) in [6.07, 6.45) is 7.78. The first-order chi connectivity index (χ1) is 9.31. The Hall–Kier alpha value is 0.230. The second-order valence-corrected chi connectivity index (χ2v) is 7.57. The molecule has 3 rings (SSSR count). The maximum atomic E-state index is 6.24. The predicted molar refractivity (Wildman–Crippen MR) is 79.5 cm³/mol. The van der Waals surface area contributed by atoms with E-state index in [0.29, 0.717) is 17.9 Å². The first kappa shape index (κ1) is 14.2. The van der Waals surface area contributed by atoms with Crippen LogP contribution in [0.4, 0.5) is 0 Å². The Morgan fingerprint density at radius 3 is 2.95 bits per heavy atom. The molecule has 0 aromatic carbocycles. The van der Waals surface area contributed by atoms with Crippen molar-refractivity contribution in [2.45, 2.75) is 50.2 Å². The first-order valence-corrected chi connectivity index (χ1v) is 9.00. The van der Waals surface area contributed by atoms with E-state index >= 15 is 0 Å². The van der Waals surface area contributed by atoms with E-state index in [1.165, 1.54) is 37.2 Å². The summed E-state index contributed by atoms with van der Waals surface area (Å²) < 4.78 is 12.3. The average Bonchev–Trinajstić information content (AvgIpc) is 3.06. The van der Waals surface area contributed by atoms with Crippen LogP contribution in [-0.4, -0.2) is 43.0 Å². The number of rotatable bonds is 4. The Balaban J connectivity index is 1.47. The van der Waals surface area contributed by atoms with Gasteiger partial charge < -0.3 is 15.2 Å². The van der Waals surface area contributed by atoms with Gasteiger partial charge in [0.1, 0.15) is 0 Å². The summed E-state index contributed by atoms with van der Waals surface area (Å²) in [7, 11) is 0. The topological polar surface area (TPSA) is 44.5 Å². The van der Waals surface area contributed by atoms with Crippen molar-refractivity contribution in [1.29, 1.82) is 0 Å². The molecule has 1 saturated carbocycles. The predicted octanol–water partition coefficient (Wildman–Crippen LogP) is 2.43. The van der Waals surface area contributed by atoms with Crippen molar-refractivity contribution >= 4 is 11.8 Å². The molecule has 1 spiro atoms. The van der Waals surface area contributed by atoms with Crippen LogP contribution in [0, 0.1) is 11.8 Å². The summed E-state index contributed by atoms with van der Waals surface area (Å²) in [5, 5.41) is 0. The highest BCUT2D eigenvalue weighted by Gasteiger charge is 2.41. The minimum Gasteiger partial charge on any atom is -0.378 e. The molecule has 3 nitrogen and oxygen atoms in total. The molecule has 2 saturated heterocycles. The smallest absolute Gasteiger partial charge is 0.0805 e. The molecule has 3 fully saturated rings. The Bertz CT molecular complexity index is 294. The lowest BCUT2D eigenvalue weighted by atomic mass is 9.91. The van der Waals surface area contributed by atoms with Gasteiger partial charge in [0.25, 0.3) is 0 Å². The SMILES string of the molecule is NCC1CCCC1COC1CCOC2(CCSC2)C1. The fourth-order valence-corrected chi connectivity index (χ4v) is 5.27. The van der Waals surface area contributed by atoms with Gasteiger partial charge in [0, 0.05) is 18.8 Å². The molecule has 0 aromatic rings. The summed E-state index contributed by atoms with van der Waals surface area (Å²) in [4.78, 5) is 0. The van der Waals surface area contributed by atoms with Crippen molar-refractivity contribution in [3.63, 3.8) is 0 Å². The number of thioether (sulfide) groups is 1. The third kappa shape index (κ3) is 3.29. The lowest BCUT2D eigenvalue weighted by Crippen LogP contribution is -2.43. The highest BCUT2D eigenvalue weighted by atomic mass is 32.2. The number of ether oxygens (including phenoxy) is 2. The molecule has 0 aromatic heterocycles. The highest BCUT2D eigenvalue weighted by molar-refractivity contribution is 7.99. The summed E-state index contributed by atoms with van der Waals surface area (Å²) in [5.41, 5.74) is 6.00. The molecular formula is C15H27NO2S. The van der Waals surface area contributed by atoms with E-state index in [1.54, 1.807) is 0 Å². The third-order valence-electron chi connectivity index (χ3n) is 5.18.